The van der Waals surface area contributed by atoms with E-state index in [2.05, 4.69) is 0 Å². The number of anilines is 1. The fraction of sp³-hybridized carbons (Fsp3) is 0.462. The first kappa shape index (κ1) is 11.0. The molecule has 1 amide bonds. The Balaban J connectivity index is 2.03. The van der Waals surface area contributed by atoms with Gasteiger partial charge in [-0.2, -0.15) is 0 Å². The Morgan fingerprint density at radius 2 is 2.25 bits per heavy atom. The summed E-state index contributed by atoms with van der Waals surface area (Å²) in [5.74, 6) is 0.589. The van der Waals surface area contributed by atoms with E-state index in [1.165, 1.54) is 0 Å². The summed E-state index contributed by atoms with van der Waals surface area (Å²) in [6.07, 6.45) is 2.12. The van der Waals surface area contributed by atoms with Gasteiger partial charge in [0.05, 0.1) is 0 Å². The molecule has 1 saturated carbocycles. The number of carbonyl (C=O) groups is 1. The van der Waals surface area contributed by atoms with Gasteiger partial charge in [0.1, 0.15) is 0 Å². The summed E-state index contributed by atoms with van der Waals surface area (Å²) in [5.41, 5.74) is 7.58. The summed E-state index contributed by atoms with van der Waals surface area (Å²) < 4.78 is 0. The van der Waals surface area contributed by atoms with Crippen molar-refractivity contribution in [1.29, 1.82) is 0 Å². The second kappa shape index (κ2) is 4.56. The van der Waals surface area contributed by atoms with Crippen molar-refractivity contribution in [2.45, 2.75) is 26.3 Å². The van der Waals surface area contributed by atoms with Crippen LogP contribution in [0.3, 0.4) is 0 Å². The molecule has 16 heavy (non-hydrogen) atoms. The summed E-state index contributed by atoms with van der Waals surface area (Å²) in [7, 11) is 0. The van der Waals surface area contributed by atoms with Crippen molar-refractivity contribution >= 4 is 11.6 Å². The molecule has 0 aliphatic heterocycles. The van der Waals surface area contributed by atoms with E-state index in [0.29, 0.717) is 18.4 Å². The summed E-state index contributed by atoms with van der Waals surface area (Å²) in [6, 6.07) is 7.74. The number of nitrogens with zero attached hydrogens (tertiary/aromatic N) is 1. The molecule has 1 aromatic rings. The van der Waals surface area contributed by atoms with Gasteiger partial charge in [-0.25, -0.2) is 0 Å². The first-order chi connectivity index (χ1) is 7.70. The van der Waals surface area contributed by atoms with E-state index in [9.17, 15) is 4.79 Å². The number of nitrogen functional groups attached to an aromatic ring is 1. The zero-order valence-electron chi connectivity index (χ0n) is 9.65. The molecule has 1 aliphatic rings. The molecule has 0 heterocycles. The van der Waals surface area contributed by atoms with Gasteiger partial charge in [-0.1, -0.05) is 12.1 Å². The summed E-state index contributed by atoms with van der Waals surface area (Å²) >= 11 is 0. The number of rotatable bonds is 4. The normalized spacial score (nSPS) is 14.8. The monoisotopic (exact) mass is 218 g/mol. The van der Waals surface area contributed by atoms with E-state index in [1.54, 1.807) is 0 Å². The van der Waals surface area contributed by atoms with Crippen LogP contribution in [-0.2, 0) is 11.3 Å². The van der Waals surface area contributed by atoms with Crippen LogP contribution in [0, 0.1) is 5.92 Å². The van der Waals surface area contributed by atoms with Crippen LogP contribution in [-0.4, -0.2) is 17.4 Å². The van der Waals surface area contributed by atoms with E-state index in [-0.39, 0.29) is 0 Å². The van der Waals surface area contributed by atoms with Crippen LogP contribution >= 0.6 is 0 Å². The number of amides is 1. The molecular formula is C13H18N2O. The van der Waals surface area contributed by atoms with E-state index in [4.69, 9.17) is 5.73 Å². The minimum Gasteiger partial charge on any atom is -0.399 e. The van der Waals surface area contributed by atoms with Crippen LogP contribution in [0.15, 0.2) is 24.3 Å². The Morgan fingerprint density at radius 3 is 2.81 bits per heavy atom. The molecular weight excluding hydrogens is 200 g/mol. The molecule has 0 saturated heterocycles. The molecule has 2 rings (SSSR count). The van der Waals surface area contributed by atoms with Crippen LogP contribution in [0.2, 0.25) is 0 Å². The molecule has 2 N–H and O–H groups in total. The molecule has 1 aliphatic carbocycles. The van der Waals surface area contributed by atoms with Gasteiger partial charge >= 0.3 is 0 Å². The number of nitrogens with two attached hydrogens (primary N) is 1. The third-order valence-electron chi connectivity index (χ3n) is 2.94. The molecule has 1 aromatic carbocycles. The topological polar surface area (TPSA) is 46.3 Å². The van der Waals surface area contributed by atoms with Gasteiger partial charge in [0, 0.05) is 24.7 Å². The molecule has 86 valence electrons. The van der Waals surface area contributed by atoms with Crippen LogP contribution in [0.25, 0.3) is 0 Å². The Labute approximate surface area is 96.2 Å². The van der Waals surface area contributed by atoms with Crippen molar-refractivity contribution in [1.82, 2.24) is 4.90 Å². The Kier molecular flexibility index (Phi) is 3.13. The van der Waals surface area contributed by atoms with Gasteiger partial charge in [0.15, 0.2) is 0 Å². The maximum absolute atomic E-state index is 11.9. The predicted molar refractivity (Wildman–Crippen MR) is 64.7 cm³/mol. The third-order valence-corrected chi connectivity index (χ3v) is 2.94. The van der Waals surface area contributed by atoms with Crippen molar-refractivity contribution < 1.29 is 4.79 Å². The SMILES string of the molecule is CCN(Cc1cccc(N)c1)C(=O)C1CC1. The van der Waals surface area contributed by atoms with Gasteiger partial charge in [-0.05, 0) is 37.5 Å². The average Bonchev–Trinajstić information content (AvgIpc) is 3.09. The summed E-state index contributed by atoms with van der Waals surface area (Å²) in [4.78, 5) is 13.8. The minimum absolute atomic E-state index is 0.293. The van der Waals surface area contributed by atoms with Crippen molar-refractivity contribution in [3.05, 3.63) is 29.8 Å². The lowest BCUT2D eigenvalue weighted by Gasteiger charge is -2.21. The van der Waals surface area contributed by atoms with E-state index in [1.807, 2.05) is 36.1 Å². The lowest BCUT2D eigenvalue weighted by molar-refractivity contribution is -0.132. The predicted octanol–water partition coefficient (Wildman–Crippen LogP) is 2.03. The number of carbonyl (C=O) groups excluding carboxylic acids is 1. The van der Waals surface area contributed by atoms with Gasteiger partial charge in [-0.15, -0.1) is 0 Å². The summed E-state index contributed by atoms with van der Waals surface area (Å²) in [5, 5.41) is 0. The molecule has 0 aromatic heterocycles. The lowest BCUT2D eigenvalue weighted by Crippen LogP contribution is -2.31. The number of benzene rings is 1. The lowest BCUT2D eigenvalue weighted by atomic mass is 10.2. The van der Waals surface area contributed by atoms with E-state index in [0.717, 1.165) is 30.6 Å². The summed E-state index contributed by atoms with van der Waals surface area (Å²) in [6.45, 7) is 3.47. The molecule has 0 unspecified atom stereocenters. The second-order valence-corrected chi connectivity index (χ2v) is 4.37. The Bertz CT molecular complexity index is 385. The fourth-order valence-electron chi connectivity index (χ4n) is 1.85. The van der Waals surface area contributed by atoms with E-state index < -0.39 is 0 Å². The van der Waals surface area contributed by atoms with Gasteiger partial charge in [0.2, 0.25) is 5.91 Å². The van der Waals surface area contributed by atoms with Gasteiger partial charge < -0.3 is 10.6 Å². The van der Waals surface area contributed by atoms with Crippen molar-refractivity contribution in [2.24, 2.45) is 5.92 Å². The molecule has 0 radical (unpaired) electrons. The number of hydrogen-bond acceptors (Lipinski definition) is 2. The number of hydrogen-bond donors (Lipinski definition) is 1. The highest BCUT2D eigenvalue weighted by atomic mass is 16.2. The maximum Gasteiger partial charge on any atom is 0.225 e. The maximum atomic E-state index is 11.9. The highest BCUT2D eigenvalue weighted by molar-refractivity contribution is 5.81. The largest absolute Gasteiger partial charge is 0.399 e. The molecule has 0 spiro atoms. The fourth-order valence-corrected chi connectivity index (χ4v) is 1.85. The smallest absolute Gasteiger partial charge is 0.225 e. The molecule has 1 fully saturated rings. The Morgan fingerprint density at radius 1 is 1.50 bits per heavy atom. The van der Waals surface area contributed by atoms with Crippen LogP contribution in [0.4, 0.5) is 5.69 Å². The van der Waals surface area contributed by atoms with Crippen molar-refractivity contribution in [3.63, 3.8) is 0 Å². The van der Waals surface area contributed by atoms with Crippen LogP contribution < -0.4 is 5.73 Å². The second-order valence-electron chi connectivity index (χ2n) is 4.37. The van der Waals surface area contributed by atoms with Crippen molar-refractivity contribution in [2.75, 3.05) is 12.3 Å². The standard InChI is InChI=1S/C13H18N2O/c1-2-15(13(16)11-6-7-11)9-10-4-3-5-12(14)8-10/h3-5,8,11H,2,6-7,9,14H2,1H3. The van der Waals surface area contributed by atoms with Gasteiger partial charge in [0.25, 0.3) is 0 Å². The molecule has 3 heteroatoms. The van der Waals surface area contributed by atoms with Crippen LogP contribution in [0.1, 0.15) is 25.3 Å². The molecule has 3 nitrogen and oxygen atoms in total. The Hall–Kier alpha value is -1.51. The van der Waals surface area contributed by atoms with Gasteiger partial charge in [-0.3, -0.25) is 4.79 Å². The molecule has 0 atom stereocenters. The highest BCUT2D eigenvalue weighted by Gasteiger charge is 2.32. The van der Waals surface area contributed by atoms with Crippen molar-refractivity contribution in [3.8, 4) is 0 Å². The average molecular weight is 218 g/mol. The zero-order valence-corrected chi connectivity index (χ0v) is 9.65. The zero-order chi connectivity index (χ0) is 11.5. The quantitative estimate of drug-likeness (QED) is 0.786. The first-order valence-electron chi connectivity index (χ1n) is 5.84. The third kappa shape index (κ3) is 2.54. The first-order valence-corrected chi connectivity index (χ1v) is 5.84. The minimum atomic E-state index is 0.293. The van der Waals surface area contributed by atoms with Crippen LogP contribution in [0.5, 0.6) is 0 Å². The molecule has 0 bridgehead atoms. The highest BCUT2D eigenvalue weighted by Crippen LogP contribution is 2.31. The van der Waals surface area contributed by atoms with E-state index >= 15 is 0 Å².